The predicted octanol–water partition coefficient (Wildman–Crippen LogP) is 3.45. The van der Waals surface area contributed by atoms with Crippen molar-refractivity contribution >= 4 is 43.1 Å². The number of anilines is 3. The van der Waals surface area contributed by atoms with Gasteiger partial charge in [0, 0.05) is 35.8 Å². The van der Waals surface area contributed by atoms with Crippen LogP contribution in [0, 0.1) is 5.92 Å². The number of carbonyl (C=O) groups excluding carboxylic acids is 3. The van der Waals surface area contributed by atoms with Crippen molar-refractivity contribution in [1.29, 1.82) is 0 Å². The molecule has 0 bridgehead atoms. The molecule has 6 rings (SSSR count). The van der Waals surface area contributed by atoms with Crippen molar-refractivity contribution in [3.8, 4) is 5.75 Å². The number of fused-ring (bicyclic) bond motifs is 3. The highest BCUT2D eigenvalue weighted by atomic mass is 28.4. The zero-order valence-electron chi connectivity index (χ0n) is 24.9. The van der Waals surface area contributed by atoms with Crippen molar-refractivity contribution in [3.63, 3.8) is 0 Å². The summed E-state index contributed by atoms with van der Waals surface area (Å²) in [6, 6.07) is 12.5. The minimum Gasteiger partial charge on any atom is -0.482 e. The molecule has 1 spiro atoms. The third kappa shape index (κ3) is 4.60. The van der Waals surface area contributed by atoms with Gasteiger partial charge in [0.2, 0.25) is 5.91 Å². The van der Waals surface area contributed by atoms with Crippen LogP contribution in [0.3, 0.4) is 0 Å². The highest BCUT2D eigenvalue weighted by Gasteiger charge is 2.66. The van der Waals surface area contributed by atoms with Crippen LogP contribution in [0.5, 0.6) is 5.75 Å². The molecule has 2 fully saturated rings. The summed E-state index contributed by atoms with van der Waals surface area (Å²) >= 11 is 0. The molecular weight excluding hydrogens is 566 g/mol. The summed E-state index contributed by atoms with van der Waals surface area (Å²) in [5.74, 6) is -0.537. The van der Waals surface area contributed by atoms with E-state index in [1.54, 1.807) is 20.8 Å². The van der Waals surface area contributed by atoms with Gasteiger partial charge in [-0.15, -0.1) is 6.58 Å². The Labute approximate surface area is 252 Å². The molecule has 4 aliphatic heterocycles. The summed E-state index contributed by atoms with van der Waals surface area (Å²) in [7, 11) is -2.99. The first-order valence-electron chi connectivity index (χ1n) is 15.0. The largest absolute Gasteiger partial charge is 0.482 e. The van der Waals surface area contributed by atoms with Gasteiger partial charge in [0.25, 0.3) is 11.8 Å². The topological polar surface area (TPSA) is 120 Å². The third-order valence-corrected chi connectivity index (χ3v) is 12.0. The number of aliphatic hydroxyl groups is 1. The monoisotopic (exact) mass is 605 g/mol. The summed E-state index contributed by atoms with van der Waals surface area (Å²) < 4.78 is 12.5. The first kappa shape index (κ1) is 29.6. The van der Waals surface area contributed by atoms with Crippen molar-refractivity contribution < 1.29 is 33.8 Å². The lowest BCUT2D eigenvalue weighted by Gasteiger charge is -2.33. The molecule has 10 nitrogen and oxygen atoms in total. The standard InChI is InChI=1S/C32H39N3O7Si/c1-5-14-34-24-13-12-21(35-25-10-6-7-11-26(25)41-19-29(35)38)16-23(24)32(31(34)39)20(2)30(43(3,4)40)27(42-32)17-28(37)33-15-8-9-22(33)18-36/h5-7,10-13,16,20,22,27,30,36,40H,1,8-9,14-15,17-19H2,2-4H3/t20-,22+,27+,30-,32+/m1/s1. The Hall–Kier alpha value is -3.51. The number of nitrogens with zero attached hydrogens (tertiary/aromatic N) is 3. The molecule has 4 aliphatic rings. The molecule has 2 aromatic carbocycles. The Morgan fingerprint density at radius 3 is 2.67 bits per heavy atom. The van der Waals surface area contributed by atoms with Gasteiger partial charge in [-0.3, -0.25) is 19.3 Å². The van der Waals surface area contributed by atoms with Gasteiger partial charge in [-0.1, -0.05) is 25.1 Å². The second kappa shape index (κ2) is 10.9. The van der Waals surface area contributed by atoms with Crippen LogP contribution in [-0.4, -0.2) is 79.3 Å². The molecule has 0 saturated carbocycles. The van der Waals surface area contributed by atoms with Crippen molar-refractivity contribution in [2.75, 3.05) is 36.1 Å². The maximum Gasteiger partial charge on any atom is 0.269 e. The number of hydrogen-bond donors (Lipinski definition) is 2. The van der Waals surface area contributed by atoms with Gasteiger partial charge in [0.05, 0.1) is 36.5 Å². The van der Waals surface area contributed by atoms with Crippen LogP contribution in [0.4, 0.5) is 17.1 Å². The SMILES string of the molecule is C=CCN1C(=O)[C@@]2(O[C@@H](CC(=O)N3CCC[C@H]3CO)[C@H]([Si](C)(C)O)[C@H]2C)c2cc(N3C(=O)COc4ccccc43)ccc21. The van der Waals surface area contributed by atoms with Crippen LogP contribution in [0.2, 0.25) is 18.6 Å². The van der Waals surface area contributed by atoms with Crippen molar-refractivity contribution in [2.45, 2.75) is 62.6 Å². The molecule has 2 aromatic rings. The Balaban J connectivity index is 1.45. The molecule has 2 saturated heterocycles. The summed E-state index contributed by atoms with van der Waals surface area (Å²) in [6.07, 6.45) is 2.52. The Bertz CT molecular complexity index is 1480. The number of likely N-dealkylation sites (tertiary alicyclic amines) is 1. The number of benzene rings is 2. The molecule has 0 radical (unpaired) electrons. The number of para-hydroxylation sites is 2. The van der Waals surface area contributed by atoms with Crippen LogP contribution < -0.4 is 14.5 Å². The highest BCUT2D eigenvalue weighted by molar-refractivity contribution is 6.71. The fourth-order valence-corrected chi connectivity index (χ4v) is 10.3. The maximum absolute atomic E-state index is 14.5. The fourth-order valence-electron chi connectivity index (χ4n) is 7.74. The zero-order chi connectivity index (χ0) is 30.7. The van der Waals surface area contributed by atoms with E-state index in [2.05, 4.69) is 6.58 Å². The quantitative estimate of drug-likeness (QED) is 0.367. The first-order chi connectivity index (χ1) is 20.5. The smallest absolute Gasteiger partial charge is 0.269 e. The summed E-state index contributed by atoms with van der Waals surface area (Å²) in [5, 5.41) is 9.82. The maximum atomic E-state index is 14.5. The lowest BCUT2D eigenvalue weighted by Crippen LogP contribution is -2.46. The Morgan fingerprint density at radius 1 is 1.19 bits per heavy atom. The van der Waals surface area contributed by atoms with Gasteiger partial charge in [-0.2, -0.15) is 0 Å². The third-order valence-electron chi connectivity index (χ3n) is 9.53. The van der Waals surface area contributed by atoms with E-state index in [-0.39, 0.29) is 49.9 Å². The van der Waals surface area contributed by atoms with E-state index in [0.717, 1.165) is 12.8 Å². The molecule has 0 aliphatic carbocycles. The van der Waals surface area contributed by atoms with E-state index in [4.69, 9.17) is 9.47 Å². The average Bonchev–Trinajstić information content (AvgIpc) is 3.63. The average molecular weight is 606 g/mol. The molecule has 5 atom stereocenters. The molecule has 228 valence electrons. The number of hydrogen-bond acceptors (Lipinski definition) is 7. The van der Waals surface area contributed by atoms with E-state index < -0.39 is 31.5 Å². The number of amides is 3. The van der Waals surface area contributed by atoms with Crippen LogP contribution in [-0.2, 0) is 24.7 Å². The van der Waals surface area contributed by atoms with Crippen molar-refractivity contribution in [2.24, 2.45) is 5.92 Å². The molecule has 3 amide bonds. The Kier molecular flexibility index (Phi) is 7.48. The predicted molar refractivity (Wildman–Crippen MR) is 164 cm³/mol. The van der Waals surface area contributed by atoms with E-state index in [0.29, 0.717) is 34.9 Å². The van der Waals surface area contributed by atoms with E-state index in [1.807, 2.05) is 62.5 Å². The fraction of sp³-hybridized carbons (Fsp3) is 0.469. The minimum absolute atomic E-state index is 0.00331. The van der Waals surface area contributed by atoms with Gasteiger partial charge in [-0.05, 0) is 56.3 Å². The molecule has 4 heterocycles. The van der Waals surface area contributed by atoms with Crippen LogP contribution in [0.25, 0.3) is 0 Å². The van der Waals surface area contributed by atoms with Crippen LogP contribution >= 0.6 is 0 Å². The van der Waals surface area contributed by atoms with Crippen LogP contribution in [0.1, 0.15) is 31.7 Å². The molecule has 0 aromatic heterocycles. The number of aliphatic hydroxyl groups excluding tert-OH is 1. The number of carbonyl (C=O) groups is 3. The number of ether oxygens (including phenoxy) is 2. The van der Waals surface area contributed by atoms with Gasteiger partial charge in [0.1, 0.15) is 5.75 Å². The Morgan fingerprint density at radius 2 is 1.95 bits per heavy atom. The first-order valence-corrected chi connectivity index (χ1v) is 18.0. The normalized spacial score (nSPS) is 28.3. The van der Waals surface area contributed by atoms with Crippen molar-refractivity contribution in [1.82, 2.24) is 4.90 Å². The summed E-state index contributed by atoms with van der Waals surface area (Å²) in [4.78, 5) is 57.7. The molecular formula is C32H39N3O7Si. The van der Waals surface area contributed by atoms with Crippen LogP contribution in [0.15, 0.2) is 55.1 Å². The van der Waals surface area contributed by atoms with E-state index in [9.17, 15) is 24.3 Å². The summed E-state index contributed by atoms with van der Waals surface area (Å²) in [5.41, 5.74) is 0.539. The van der Waals surface area contributed by atoms with E-state index in [1.165, 1.54) is 0 Å². The van der Waals surface area contributed by atoms with Crippen molar-refractivity contribution in [3.05, 3.63) is 60.7 Å². The molecule has 0 unspecified atom stereocenters. The van der Waals surface area contributed by atoms with Gasteiger partial charge in [-0.25, -0.2) is 0 Å². The van der Waals surface area contributed by atoms with E-state index >= 15 is 0 Å². The lowest BCUT2D eigenvalue weighted by atomic mass is 9.82. The van der Waals surface area contributed by atoms with Gasteiger partial charge in [0.15, 0.2) is 20.5 Å². The molecule has 2 N–H and O–H groups in total. The second-order valence-corrected chi connectivity index (χ2v) is 16.5. The van der Waals surface area contributed by atoms with Gasteiger partial charge >= 0.3 is 0 Å². The zero-order valence-corrected chi connectivity index (χ0v) is 25.9. The molecule has 11 heteroatoms. The second-order valence-electron chi connectivity index (χ2n) is 12.5. The number of rotatable bonds is 7. The molecule has 43 heavy (non-hydrogen) atoms. The summed E-state index contributed by atoms with van der Waals surface area (Å²) in [6.45, 7) is 10.0. The highest BCUT2D eigenvalue weighted by Crippen LogP contribution is 2.60. The van der Waals surface area contributed by atoms with Gasteiger partial charge < -0.3 is 29.2 Å². The lowest BCUT2D eigenvalue weighted by molar-refractivity contribution is -0.149. The minimum atomic E-state index is -2.99.